The van der Waals surface area contributed by atoms with Gasteiger partial charge in [-0.2, -0.15) is 0 Å². The van der Waals surface area contributed by atoms with Gasteiger partial charge in [-0.25, -0.2) is 0 Å². The Kier molecular flexibility index (Phi) is 4.08. The van der Waals surface area contributed by atoms with Crippen LogP contribution in [-0.4, -0.2) is 35.0 Å². The summed E-state index contributed by atoms with van der Waals surface area (Å²) in [6, 6.07) is 1.41. The standard InChI is InChI=1S/C14H26N2O/c1-10-6-4-9-13(15-10)14(17)16-11(2)7-5-8-12(16)3/h10-13,15H,4-9H2,1-3H3/t10?,11-,12+,13?. The molecule has 0 spiro atoms. The number of hydrogen-bond donors (Lipinski definition) is 1. The summed E-state index contributed by atoms with van der Waals surface area (Å²) >= 11 is 0. The van der Waals surface area contributed by atoms with E-state index in [9.17, 15) is 4.79 Å². The molecule has 0 aromatic rings. The Balaban J connectivity index is 2.02. The minimum Gasteiger partial charge on any atom is -0.336 e. The highest BCUT2D eigenvalue weighted by atomic mass is 16.2. The van der Waals surface area contributed by atoms with Crippen molar-refractivity contribution in [2.45, 2.75) is 83.5 Å². The van der Waals surface area contributed by atoms with Gasteiger partial charge in [-0.1, -0.05) is 0 Å². The molecule has 3 heteroatoms. The number of nitrogens with one attached hydrogen (secondary N) is 1. The van der Waals surface area contributed by atoms with E-state index in [0.29, 0.717) is 24.0 Å². The van der Waals surface area contributed by atoms with E-state index in [2.05, 4.69) is 31.0 Å². The summed E-state index contributed by atoms with van der Waals surface area (Å²) in [6.45, 7) is 6.57. The number of carbonyl (C=O) groups is 1. The highest BCUT2D eigenvalue weighted by molar-refractivity contribution is 5.82. The van der Waals surface area contributed by atoms with Gasteiger partial charge in [0.25, 0.3) is 0 Å². The van der Waals surface area contributed by atoms with Gasteiger partial charge in [-0.05, 0) is 59.3 Å². The first-order chi connectivity index (χ1) is 8.09. The van der Waals surface area contributed by atoms with Crippen LogP contribution in [0.5, 0.6) is 0 Å². The molecule has 4 atom stereocenters. The molecule has 2 rings (SSSR count). The van der Waals surface area contributed by atoms with Crippen LogP contribution in [0.25, 0.3) is 0 Å². The van der Waals surface area contributed by atoms with Gasteiger partial charge < -0.3 is 10.2 Å². The van der Waals surface area contributed by atoms with Crippen molar-refractivity contribution in [3.8, 4) is 0 Å². The van der Waals surface area contributed by atoms with Crippen LogP contribution in [0, 0.1) is 0 Å². The molecular formula is C14H26N2O. The van der Waals surface area contributed by atoms with E-state index >= 15 is 0 Å². The van der Waals surface area contributed by atoms with Gasteiger partial charge in [-0.15, -0.1) is 0 Å². The van der Waals surface area contributed by atoms with Crippen molar-refractivity contribution in [2.75, 3.05) is 0 Å². The van der Waals surface area contributed by atoms with Crippen molar-refractivity contribution >= 4 is 5.91 Å². The molecule has 3 nitrogen and oxygen atoms in total. The van der Waals surface area contributed by atoms with E-state index in [4.69, 9.17) is 0 Å². The molecule has 2 heterocycles. The Bertz CT molecular complexity index is 269. The molecule has 2 aliphatic heterocycles. The van der Waals surface area contributed by atoms with E-state index in [0.717, 1.165) is 6.42 Å². The van der Waals surface area contributed by atoms with E-state index in [1.807, 2.05) is 0 Å². The lowest BCUT2D eigenvalue weighted by molar-refractivity contribution is -0.140. The normalized spacial score (nSPS) is 39.1. The molecule has 17 heavy (non-hydrogen) atoms. The number of piperidine rings is 2. The summed E-state index contributed by atoms with van der Waals surface area (Å²) in [7, 11) is 0. The Morgan fingerprint density at radius 1 is 1.00 bits per heavy atom. The molecule has 2 saturated heterocycles. The van der Waals surface area contributed by atoms with E-state index < -0.39 is 0 Å². The van der Waals surface area contributed by atoms with E-state index in [1.54, 1.807) is 0 Å². The fourth-order valence-electron chi connectivity index (χ4n) is 3.37. The molecule has 2 unspecified atom stereocenters. The lowest BCUT2D eigenvalue weighted by Crippen LogP contribution is -2.57. The lowest BCUT2D eigenvalue weighted by atomic mass is 9.93. The maximum absolute atomic E-state index is 12.6. The highest BCUT2D eigenvalue weighted by Gasteiger charge is 2.34. The van der Waals surface area contributed by atoms with Gasteiger partial charge in [0, 0.05) is 18.1 Å². The Morgan fingerprint density at radius 3 is 2.18 bits per heavy atom. The molecule has 0 bridgehead atoms. The first kappa shape index (κ1) is 12.9. The van der Waals surface area contributed by atoms with Crippen molar-refractivity contribution < 1.29 is 4.79 Å². The molecule has 0 aromatic heterocycles. The Hall–Kier alpha value is -0.570. The van der Waals surface area contributed by atoms with Gasteiger partial charge in [0.05, 0.1) is 6.04 Å². The van der Waals surface area contributed by atoms with Gasteiger partial charge in [-0.3, -0.25) is 4.79 Å². The van der Waals surface area contributed by atoms with Gasteiger partial charge in [0.15, 0.2) is 0 Å². The predicted molar refractivity (Wildman–Crippen MR) is 69.9 cm³/mol. The van der Waals surface area contributed by atoms with Gasteiger partial charge in [0.2, 0.25) is 5.91 Å². The summed E-state index contributed by atoms with van der Waals surface area (Å²) in [6.07, 6.45) is 6.99. The minimum absolute atomic E-state index is 0.0711. The molecule has 0 aromatic carbocycles. The van der Waals surface area contributed by atoms with Crippen molar-refractivity contribution in [2.24, 2.45) is 0 Å². The summed E-state index contributed by atoms with van der Waals surface area (Å²) in [5.74, 6) is 0.344. The summed E-state index contributed by atoms with van der Waals surface area (Å²) in [5, 5.41) is 3.46. The second-order valence-corrected chi connectivity index (χ2v) is 5.93. The van der Waals surface area contributed by atoms with E-state index in [-0.39, 0.29) is 6.04 Å². The van der Waals surface area contributed by atoms with Crippen LogP contribution >= 0.6 is 0 Å². The molecular weight excluding hydrogens is 212 g/mol. The molecule has 0 aliphatic carbocycles. The summed E-state index contributed by atoms with van der Waals surface area (Å²) < 4.78 is 0. The molecule has 0 saturated carbocycles. The van der Waals surface area contributed by atoms with Crippen molar-refractivity contribution in [3.63, 3.8) is 0 Å². The maximum atomic E-state index is 12.6. The second kappa shape index (κ2) is 5.38. The molecule has 98 valence electrons. The van der Waals surface area contributed by atoms with Crippen LogP contribution in [0.4, 0.5) is 0 Å². The molecule has 0 radical (unpaired) electrons. The number of amides is 1. The maximum Gasteiger partial charge on any atom is 0.240 e. The van der Waals surface area contributed by atoms with Gasteiger partial charge in [0.1, 0.15) is 0 Å². The van der Waals surface area contributed by atoms with Crippen LogP contribution in [0.15, 0.2) is 0 Å². The smallest absolute Gasteiger partial charge is 0.240 e. The Morgan fingerprint density at radius 2 is 1.59 bits per heavy atom. The first-order valence-electron chi connectivity index (χ1n) is 7.18. The minimum atomic E-state index is 0.0711. The number of likely N-dealkylation sites (tertiary alicyclic amines) is 1. The van der Waals surface area contributed by atoms with Crippen LogP contribution in [-0.2, 0) is 4.79 Å². The fraction of sp³-hybridized carbons (Fsp3) is 0.929. The molecule has 2 fully saturated rings. The average Bonchev–Trinajstić information content (AvgIpc) is 2.28. The topological polar surface area (TPSA) is 32.3 Å². The van der Waals surface area contributed by atoms with Crippen LogP contribution < -0.4 is 5.32 Å². The highest BCUT2D eigenvalue weighted by Crippen LogP contribution is 2.25. The zero-order valence-corrected chi connectivity index (χ0v) is 11.4. The largest absolute Gasteiger partial charge is 0.336 e. The predicted octanol–water partition coefficient (Wildman–Crippen LogP) is 2.31. The number of nitrogens with zero attached hydrogens (tertiary/aromatic N) is 1. The third-order valence-corrected chi connectivity index (χ3v) is 4.36. The van der Waals surface area contributed by atoms with E-state index in [1.165, 1.54) is 32.1 Å². The third-order valence-electron chi connectivity index (χ3n) is 4.36. The quantitative estimate of drug-likeness (QED) is 0.760. The number of hydrogen-bond acceptors (Lipinski definition) is 2. The Labute approximate surface area is 105 Å². The van der Waals surface area contributed by atoms with Crippen LogP contribution in [0.3, 0.4) is 0 Å². The van der Waals surface area contributed by atoms with Gasteiger partial charge >= 0.3 is 0 Å². The molecule has 2 aliphatic rings. The summed E-state index contributed by atoms with van der Waals surface area (Å²) in [4.78, 5) is 14.7. The lowest BCUT2D eigenvalue weighted by Gasteiger charge is -2.42. The van der Waals surface area contributed by atoms with Crippen molar-refractivity contribution in [3.05, 3.63) is 0 Å². The number of rotatable bonds is 1. The molecule has 1 amide bonds. The summed E-state index contributed by atoms with van der Waals surface area (Å²) in [5.41, 5.74) is 0. The SMILES string of the molecule is CC1CCCC(C(=O)N2[C@H](C)CCC[C@@H]2C)N1. The average molecular weight is 238 g/mol. The van der Waals surface area contributed by atoms with Crippen molar-refractivity contribution in [1.82, 2.24) is 10.2 Å². The fourth-order valence-corrected chi connectivity index (χ4v) is 3.37. The molecule has 1 N–H and O–H groups in total. The third kappa shape index (κ3) is 2.82. The monoisotopic (exact) mass is 238 g/mol. The van der Waals surface area contributed by atoms with Crippen molar-refractivity contribution in [1.29, 1.82) is 0 Å². The van der Waals surface area contributed by atoms with Crippen LogP contribution in [0.2, 0.25) is 0 Å². The zero-order valence-electron chi connectivity index (χ0n) is 11.4. The second-order valence-electron chi connectivity index (χ2n) is 5.93. The first-order valence-corrected chi connectivity index (χ1v) is 7.18. The van der Waals surface area contributed by atoms with Crippen LogP contribution in [0.1, 0.15) is 59.3 Å². The number of carbonyl (C=O) groups excluding carboxylic acids is 1. The zero-order chi connectivity index (χ0) is 12.4.